The van der Waals surface area contributed by atoms with Crippen LogP contribution in [0, 0.1) is 0 Å². The molecule has 0 atom stereocenters. The van der Waals surface area contributed by atoms with Crippen LogP contribution in [0.3, 0.4) is 0 Å². The molecular weight excluding hydrogens is 223 g/mol. The van der Waals surface area contributed by atoms with Crippen LogP contribution in [0.5, 0.6) is 0 Å². The largest absolute Gasteiger partial charge is 0.0843 e. The summed E-state index contributed by atoms with van der Waals surface area (Å²) in [6, 6.07) is 0. The van der Waals surface area contributed by atoms with Crippen molar-refractivity contribution in [2.75, 3.05) is 0 Å². The van der Waals surface area contributed by atoms with E-state index in [9.17, 15) is 0 Å². The van der Waals surface area contributed by atoms with Gasteiger partial charge in [-0.2, -0.15) is 0 Å². The van der Waals surface area contributed by atoms with E-state index >= 15 is 0 Å². The quantitative estimate of drug-likeness (QED) is 0.518. The summed E-state index contributed by atoms with van der Waals surface area (Å²) in [5.41, 5.74) is 1.34. The lowest BCUT2D eigenvalue weighted by atomic mass is 10.2. The summed E-state index contributed by atoms with van der Waals surface area (Å²) in [6.07, 6.45) is 6.81. The van der Waals surface area contributed by atoms with Crippen LogP contribution >= 0.6 is 22.6 Å². The van der Waals surface area contributed by atoms with Gasteiger partial charge >= 0.3 is 0 Å². The van der Waals surface area contributed by atoms with Crippen molar-refractivity contribution in [2.45, 2.75) is 26.7 Å². The van der Waals surface area contributed by atoms with Crippen molar-refractivity contribution in [3.05, 3.63) is 21.8 Å². The number of hydrogen-bond donors (Lipinski definition) is 0. The minimum absolute atomic E-state index is 1.20. The molecule has 0 fully saturated rings. The molecule has 0 bridgehead atoms. The Bertz CT molecular complexity index is 112. The fraction of sp³-hybridized carbons (Fsp3) is 0.500. The van der Waals surface area contributed by atoms with Gasteiger partial charge in [-0.3, -0.25) is 0 Å². The molecule has 0 spiro atoms. The van der Waals surface area contributed by atoms with Gasteiger partial charge in [0.1, 0.15) is 0 Å². The fourth-order valence-electron chi connectivity index (χ4n) is 0.472. The van der Waals surface area contributed by atoms with E-state index < -0.39 is 0 Å². The lowest BCUT2D eigenvalue weighted by molar-refractivity contribution is 0.958. The number of allylic oxidation sites excluding steroid dienone is 3. The predicted molar refractivity (Wildman–Crippen MR) is 51.8 cm³/mol. The van der Waals surface area contributed by atoms with Gasteiger partial charge in [-0.1, -0.05) is 48.1 Å². The Hall–Kier alpha value is 0.210. The highest BCUT2D eigenvalue weighted by Crippen LogP contribution is 2.00. The summed E-state index contributed by atoms with van der Waals surface area (Å²) >= 11 is 2.25. The third-order valence-electron chi connectivity index (χ3n) is 1.01. The van der Waals surface area contributed by atoms with Crippen LogP contribution in [0.25, 0.3) is 0 Å². The highest BCUT2D eigenvalue weighted by Gasteiger charge is 1.76. The SMILES string of the molecule is CCC/C=C\C(C)=C/I. The van der Waals surface area contributed by atoms with Gasteiger partial charge in [0.25, 0.3) is 0 Å². The van der Waals surface area contributed by atoms with E-state index in [0.717, 1.165) is 0 Å². The van der Waals surface area contributed by atoms with Crippen LogP contribution in [0.2, 0.25) is 0 Å². The molecular formula is C8H13I. The molecule has 0 nitrogen and oxygen atoms in total. The molecule has 0 heterocycles. The molecule has 0 aliphatic heterocycles. The smallest absolute Gasteiger partial charge is 0.0205 e. The van der Waals surface area contributed by atoms with Crippen molar-refractivity contribution in [1.29, 1.82) is 0 Å². The van der Waals surface area contributed by atoms with Crippen LogP contribution in [0.15, 0.2) is 21.8 Å². The number of hydrogen-bond acceptors (Lipinski definition) is 0. The molecule has 0 N–H and O–H groups in total. The number of halogens is 1. The number of rotatable bonds is 3. The average Bonchev–Trinajstić information content (AvgIpc) is 1.89. The Morgan fingerprint density at radius 3 is 2.67 bits per heavy atom. The molecule has 0 saturated heterocycles. The van der Waals surface area contributed by atoms with Crippen LogP contribution in [0.4, 0.5) is 0 Å². The molecule has 0 aliphatic carbocycles. The van der Waals surface area contributed by atoms with Crippen molar-refractivity contribution in [2.24, 2.45) is 0 Å². The van der Waals surface area contributed by atoms with Crippen LogP contribution < -0.4 is 0 Å². The average molecular weight is 236 g/mol. The Labute approximate surface area is 71.2 Å². The summed E-state index contributed by atoms with van der Waals surface area (Å²) in [6.45, 7) is 4.30. The Morgan fingerprint density at radius 1 is 1.56 bits per heavy atom. The van der Waals surface area contributed by atoms with Gasteiger partial charge in [-0.15, -0.1) is 0 Å². The molecule has 0 aromatic carbocycles. The Morgan fingerprint density at radius 2 is 2.22 bits per heavy atom. The monoisotopic (exact) mass is 236 g/mol. The van der Waals surface area contributed by atoms with Gasteiger partial charge in [0, 0.05) is 0 Å². The molecule has 9 heavy (non-hydrogen) atoms. The van der Waals surface area contributed by atoms with Crippen molar-refractivity contribution in [3.8, 4) is 0 Å². The first kappa shape index (κ1) is 9.21. The van der Waals surface area contributed by atoms with Crippen LogP contribution in [0.1, 0.15) is 26.7 Å². The van der Waals surface area contributed by atoms with E-state index in [-0.39, 0.29) is 0 Å². The zero-order valence-corrected chi connectivity index (χ0v) is 8.18. The molecule has 1 heteroatoms. The highest BCUT2D eigenvalue weighted by atomic mass is 127. The zero-order valence-electron chi connectivity index (χ0n) is 6.02. The summed E-state index contributed by atoms with van der Waals surface area (Å²) in [7, 11) is 0. The van der Waals surface area contributed by atoms with Gasteiger partial charge in [-0.05, 0) is 23.0 Å². The summed E-state index contributed by atoms with van der Waals surface area (Å²) in [5.74, 6) is 0. The second-order valence-corrected chi connectivity index (χ2v) is 2.67. The molecule has 52 valence electrons. The summed E-state index contributed by atoms with van der Waals surface area (Å²) < 4.78 is 2.09. The van der Waals surface area contributed by atoms with E-state index in [1.807, 2.05) is 0 Å². The first-order valence-electron chi connectivity index (χ1n) is 3.24. The molecule has 0 aliphatic rings. The molecule has 0 aromatic rings. The maximum atomic E-state index is 2.25. The van der Waals surface area contributed by atoms with E-state index in [4.69, 9.17) is 0 Å². The van der Waals surface area contributed by atoms with Gasteiger partial charge in [0.15, 0.2) is 0 Å². The van der Waals surface area contributed by atoms with Gasteiger partial charge in [0.2, 0.25) is 0 Å². The predicted octanol–water partition coefficient (Wildman–Crippen LogP) is 3.68. The molecule has 0 amide bonds. The maximum Gasteiger partial charge on any atom is -0.0205 e. The molecule has 0 unspecified atom stereocenters. The molecule has 0 radical (unpaired) electrons. The second kappa shape index (κ2) is 6.33. The van der Waals surface area contributed by atoms with Gasteiger partial charge in [-0.25, -0.2) is 0 Å². The minimum Gasteiger partial charge on any atom is -0.0843 e. The number of unbranched alkanes of at least 4 members (excludes halogenated alkanes) is 1. The van der Waals surface area contributed by atoms with Crippen molar-refractivity contribution in [1.82, 2.24) is 0 Å². The summed E-state index contributed by atoms with van der Waals surface area (Å²) in [4.78, 5) is 0. The minimum atomic E-state index is 1.20. The third kappa shape index (κ3) is 6.09. The lowest BCUT2D eigenvalue weighted by Crippen LogP contribution is -1.64. The maximum absolute atomic E-state index is 2.25. The first-order valence-corrected chi connectivity index (χ1v) is 4.49. The highest BCUT2D eigenvalue weighted by molar-refractivity contribution is 14.1. The fourth-order valence-corrected chi connectivity index (χ4v) is 0.680. The first-order chi connectivity index (χ1) is 4.31. The van der Waals surface area contributed by atoms with E-state index in [2.05, 4.69) is 52.7 Å². The van der Waals surface area contributed by atoms with E-state index in [1.165, 1.54) is 18.4 Å². The normalized spacial score (nSPS) is 13.0. The van der Waals surface area contributed by atoms with Crippen LogP contribution in [-0.2, 0) is 0 Å². The lowest BCUT2D eigenvalue weighted by Gasteiger charge is -1.85. The van der Waals surface area contributed by atoms with Crippen molar-refractivity contribution in [3.63, 3.8) is 0 Å². The molecule has 0 aromatic heterocycles. The summed E-state index contributed by atoms with van der Waals surface area (Å²) in [5, 5.41) is 0. The van der Waals surface area contributed by atoms with Crippen molar-refractivity contribution < 1.29 is 0 Å². The van der Waals surface area contributed by atoms with Gasteiger partial charge in [0.05, 0.1) is 0 Å². The third-order valence-corrected chi connectivity index (χ3v) is 1.99. The topological polar surface area (TPSA) is 0 Å². The van der Waals surface area contributed by atoms with E-state index in [0.29, 0.717) is 0 Å². The molecule has 0 rings (SSSR count). The molecule has 0 saturated carbocycles. The van der Waals surface area contributed by atoms with Gasteiger partial charge < -0.3 is 0 Å². The van der Waals surface area contributed by atoms with Crippen LogP contribution in [-0.4, -0.2) is 0 Å². The standard InChI is InChI=1S/C8H13I/c1-3-4-5-6-8(2)7-9/h5-7H,3-4H2,1-2H3/b6-5-,8-7-. The van der Waals surface area contributed by atoms with Crippen molar-refractivity contribution >= 4 is 22.6 Å². The Kier molecular flexibility index (Phi) is 6.48. The zero-order chi connectivity index (χ0) is 7.11. The Balaban J connectivity index is 3.45. The second-order valence-electron chi connectivity index (χ2n) is 2.04. The van der Waals surface area contributed by atoms with E-state index in [1.54, 1.807) is 0 Å².